The summed E-state index contributed by atoms with van der Waals surface area (Å²) in [5, 5.41) is 6.99. The van der Waals surface area contributed by atoms with E-state index in [2.05, 4.69) is 47.6 Å². The highest BCUT2D eigenvalue weighted by molar-refractivity contribution is 7.98. The van der Waals surface area contributed by atoms with Crippen molar-refractivity contribution in [3.05, 3.63) is 84.2 Å². The van der Waals surface area contributed by atoms with E-state index in [1.54, 1.807) is 18.0 Å². The van der Waals surface area contributed by atoms with E-state index in [1.807, 2.05) is 47.2 Å². The van der Waals surface area contributed by atoms with Crippen LogP contribution >= 0.6 is 11.8 Å². The van der Waals surface area contributed by atoms with Crippen LogP contribution in [0, 0.1) is 0 Å². The van der Waals surface area contributed by atoms with Gasteiger partial charge in [-0.25, -0.2) is 4.68 Å². The Kier molecular flexibility index (Phi) is 4.36. The van der Waals surface area contributed by atoms with Crippen LogP contribution in [0.3, 0.4) is 0 Å². The number of pyridine rings is 1. The van der Waals surface area contributed by atoms with Gasteiger partial charge in [0.2, 0.25) is 0 Å². The van der Waals surface area contributed by atoms with Crippen LogP contribution in [0.15, 0.2) is 78.0 Å². The molecular formula is C21H17N3S. The number of thioether (sulfide) groups is 1. The second-order valence-electron chi connectivity index (χ2n) is 5.62. The molecule has 122 valence electrons. The van der Waals surface area contributed by atoms with Gasteiger partial charge in [0.15, 0.2) is 0 Å². The van der Waals surface area contributed by atoms with Gasteiger partial charge >= 0.3 is 0 Å². The van der Waals surface area contributed by atoms with E-state index in [9.17, 15) is 0 Å². The van der Waals surface area contributed by atoms with Crippen molar-refractivity contribution in [1.29, 1.82) is 0 Å². The third kappa shape index (κ3) is 3.21. The summed E-state index contributed by atoms with van der Waals surface area (Å²) in [6, 6.07) is 22.6. The maximum absolute atomic E-state index is 4.78. The van der Waals surface area contributed by atoms with Crippen LogP contribution in [-0.4, -0.2) is 21.0 Å². The van der Waals surface area contributed by atoms with E-state index >= 15 is 0 Å². The van der Waals surface area contributed by atoms with Gasteiger partial charge in [-0.05, 0) is 54.3 Å². The summed E-state index contributed by atoms with van der Waals surface area (Å²) >= 11 is 1.67. The van der Waals surface area contributed by atoms with Crippen molar-refractivity contribution in [2.75, 3.05) is 6.26 Å². The molecule has 0 amide bonds. The molecular weight excluding hydrogens is 326 g/mol. The lowest BCUT2D eigenvalue weighted by Gasteiger charge is -2.03. The molecule has 0 fully saturated rings. The van der Waals surface area contributed by atoms with Crippen molar-refractivity contribution in [2.24, 2.45) is 0 Å². The molecule has 2 aromatic carbocycles. The Morgan fingerprint density at radius 2 is 1.76 bits per heavy atom. The van der Waals surface area contributed by atoms with Crippen molar-refractivity contribution >= 4 is 34.8 Å². The van der Waals surface area contributed by atoms with Crippen molar-refractivity contribution in [3.8, 4) is 5.69 Å². The number of para-hydroxylation sites is 1. The van der Waals surface area contributed by atoms with E-state index < -0.39 is 0 Å². The average molecular weight is 343 g/mol. The predicted molar refractivity (Wildman–Crippen MR) is 106 cm³/mol. The molecule has 0 unspecified atom stereocenters. The van der Waals surface area contributed by atoms with Crippen molar-refractivity contribution < 1.29 is 0 Å². The Bertz CT molecular complexity index is 1020. The fourth-order valence-corrected chi connectivity index (χ4v) is 3.34. The van der Waals surface area contributed by atoms with Gasteiger partial charge in [0.1, 0.15) is 5.03 Å². The summed E-state index contributed by atoms with van der Waals surface area (Å²) in [5.74, 6) is 0. The predicted octanol–water partition coefficient (Wildman–Crippen LogP) is 5.31. The van der Waals surface area contributed by atoms with Gasteiger partial charge in [-0.15, -0.1) is 11.8 Å². The van der Waals surface area contributed by atoms with Crippen LogP contribution in [-0.2, 0) is 0 Å². The molecule has 0 radical (unpaired) electrons. The summed E-state index contributed by atoms with van der Waals surface area (Å²) in [7, 11) is 0. The number of hydrogen-bond acceptors (Lipinski definition) is 3. The molecule has 0 aliphatic carbocycles. The largest absolute Gasteiger partial charge is 0.257 e. The molecule has 0 bridgehead atoms. The molecule has 0 spiro atoms. The summed E-state index contributed by atoms with van der Waals surface area (Å²) in [6.45, 7) is 0. The maximum Gasteiger partial charge on any atom is 0.126 e. The summed E-state index contributed by atoms with van der Waals surface area (Å²) in [5.41, 5.74) is 4.25. The quantitative estimate of drug-likeness (QED) is 0.470. The maximum atomic E-state index is 4.78. The first-order chi connectivity index (χ1) is 12.3. The lowest BCUT2D eigenvalue weighted by atomic mass is 10.1. The van der Waals surface area contributed by atoms with Crippen molar-refractivity contribution in [3.63, 3.8) is 0 Å². The zero-order valence-electron chi connectivity index (χ0n) is 13.8. The SMILES string of the molecule is CSc1nn(-c2ccccc2)c2cc(C=Cc3ccccn3)ccc12. The summed E-state index contributed by atoms with van der Waals surface area (Å²) < 4.78 is 2.01. The molecule has 2 aromatic heterocycles. The zero-order valence-corrected chi connectivity index (χ0v) is 14.6. The van der Waals surface area contributed by atoms with Crippen molar-refractivity contribution in [2.45, 2.75) is 5.03 Å². The lowest BCUT2D eigenvalue weighted by molar-refractivity contribution is 0.861. The molecule has 0 aliphatic heterocycles. The monoisotopic (exact) mass is 343 g/mol. The zero-order chi connectivity index (χ0) is 17.1. The third-order valence-electron chi connectivity index (χ3n) is 4.00. The molecule has 0 saturated heterocycles. The van der Waals surface area contributed by atoms with E-state index in [1.165, 1.54) is 5.39 Å². The van der Waals surface area contributed by atoms with E-state index in [-0.39, 0.29) is 0 Å². The molecule has 4 aromatic rings. The van der Waals surface area contributed by atoms with E-state index in [0.717, 1.165) is 27.5 Å². The molecule has 0 atom stereocenters. The normalized spacial score (nSPS) is 11.4. The first kappa shape index (κ1) is 15.7. The minimum Gasteiger partial charge on any atom is -0.257 e. The smallest absolute Gasteiger partial charge is 0.126 e. The second kappa shape index (κ2) is 6.95. The Morgan fingerprint density at radius 3 is 2.52 bits per heavy atom. The molecule has 4 heteroatoms. The average Bonchev–Trinajstić information content (AvgIpc) is 3.06. The fourth-order valence-electron chi connectivity index (χ4n) is 2.78. The number of rotatable bonds is 4. The molecule has 0 N–H and O–H groups in total. The van der Waals surface area contributed by atoms with E-state index in [0.29, 0.717) is 0 Å². The number of benzene rings is 2. The van der Waals surface area contributed by atoms with Crippen LogP contribution in [0.1, 0.15) is 11.3 Å². The Balaban J connectivity index is 1.80. The standard InChI is InChI=1S/C21H17N3S/c1-25-21-19-13-11-16(10-12-17-7-5-6-14-22-17)15-20(19)24(23-21)18-8-3-2-4-9-18/h2-15H,1H3. The fraction of sp³-hybridized carbons (Fsp3) is 0.0476. The highest BCUT2D eigenvalue weighted by atomic mass is 32.2. The first-order valence-corrected chi connectivity index (χ1v) is 9.29. The van der Waals surface area contributed by atoms with Crippen LogP contribution in [0.25, 0.3) is 28.7 Å². The molecule has 0 saturated carbocycles. The molecule has 4 rings (SSSR count). The lowest BCUT2D eigenvalue weighted by Crippen LogP contribution is -1.95. The number of fused-ring (bicyclic) bond motifs is 1. The summed E-state index contributed by atoms with van der Waals surface area (Å²) in [4.78, 5) is 4.33. The first-order valence-electron chi connectivity index (χ1n) is 8.06. The Hall–Kier alpha value is -2.85. The van der Waals surface area contributed by atoms with Gasteiger partial charge in [-0.2, -0.15) is 5.10 Å². The highest BCUT2D eigenvalue weighted by Gasteiger charge is 2.11. The van der Waals surface area contributed by atoms with E-state index in [4.69, 9.17) is 5.10 Å². The van der Waals surface area contributed by atoms with Crippen LogP contribution < -0.4 is 0 Å². The second-order valence-corrected chi connectivity index (χ2v) is 6.42. The van der Waals surface area contributed by atoms with Gasteiger partial charge in [0.25, 0.3) is 0 Å². The molecule has 25 heavy (non-hydrogen) atoms. The van der Waals surface area contributed by atoms with Gasteiger partial charge in [0.05, 0.1) is 16.9 Å². The topological polar surface area (TPSA) is 30.7 Å². The van der Waals surface area contributed by atoms with Crippen LogP contribution in [0.5, 0.6) is 0 Å². The number of nitrogens with zero attached hydrogens (tertiary/aromatic N) is 3. The molecule has 3 nitrogen and oxygen atoms in total. The minimum atomic E-state index is 0.948. The van der Waals surface area contributed by atoms with Gasteiger partial charge in [-0.3, -0.25) is 4.98 Å². The Morgan fingerprint density at radius 1 is 0.920 bits per heavy atom. The minimum absolute atomic E-state index is 0.948. The number of hydrogen-bond donors (Lipinski definition) is 0. The van der Waals surface area contributed by atoms with Gasteiger partial charge < -0.3 is 0 Å². The van der Waals surface area contributed by atoms with Crippen molar-refractivity contribution in [1.82, 2.24) is 14.8 Å². The van der Waals surface area contributed by atoms with Crippen LogP contribution in [0.4, 0.5) is 0 Å². The van der Waals surface area contributed by atoms with Crippen LogP contribution in [0.2, 0.25) is 0 Å². The molecule has 2 heterocycles. The highest BCUT2D eigenvalue weighted by Crippen LogP contribution is 2.29. The van der Waals surface area contributed by atoms with Gasteiger partial charge in [0, 0.05) is 11.6 Å². The Labute approximate surface area is 151 Å². The number of aromatic nitrogens is 3. The van der Waals surface area contributed by atoms with Gasteiger partial charge in [-0.1, -0.05) is 36.4 Å². The third-order valence-corrected chi connectivity index (χ3v) is 4.69. The summed E-state index contributed by atoms with van der Waals surface area (Å²) in [6.07, 6.45) is 7.98. The molecule has 0 aliphatic rings.